The number of aryl methyl sites for hydroxylation is 1. The van der Waals surface area contributed by atoms with E-state index in [1.165, 1.54) is 10.6 Å². The second-order valence-corrected chi connectivity index (χ2v) is 5.22. The van der Waals surface area contributed by atoms with Gasteiger partial charge in [0, 0.05) is 10.5 Å². The molecule has 0 bridgehead atoms. The van der Waals surface area contributed by atoms with Gasteiger partial charge in [0.2, 0.25) is 0 Å². The van der Waals surface area contributed by atoms with Gasteiger partial charge in [-0.15, -0.1) is 0 Å². The van der Waals surface area contributed by atoms with Gasteiger partial charge in [-0.05, 0) is 31.2 Å². The normalized spacial score (nSPS) is 10.5. The van der Waals surface area contributed by atoms with Gasteiger partial charge in [-0.1, -0.05) is 27.5 Å². The van der Waals surface area contributed by atoms with Gasteiger partial charge in [-0.25, -0.2) is 4.98 Å². The van der Waals surface area contributed by atoms with Gasteiger partial charge in [0.25, 0.3) is 5.56 Å². The molecule has 1 aromatic carbocycles. The van der Waals surface area contributed by atoms with E-state index in [4.69, 9.17) is 16.3 Å². The van der Waals surface area contributed by atoms with Crippen LogP contribution in [0.25, 0.3) is 0 Å². The van der Waals surface area contributed by atoms with Gasteiger partial charge in [-0.3, -0.25) is 9.36 Å². The second-order valence-electron chi connectivity index (χ2n) is 3.92. The number of halogens is 2. The third-order valence-electron chi connectivity index (χ3n) is 2.57. The van der Waals surface area contributed by atoms with Crippen molar-refractivity contribution in [2.75, 3.05) is 6.61 Å². The first-order valence-corrected chi connectivity index (χ1v) is 6.86. The molecule has 6 heteroatoms. The first-order chi connectivity index (χ1) is 9.06. The number of benzene rings is 1. The fraction of sp³-hybridized carbons (Fsp3) is 0.231. The van der Waals surface area contributed by atoms with Crippen molar-refractivity contribution in [1.82, 2.24) is 9.55 Å². The quantitative estimate of drug-likeness (QED) is 0.802. The molecule has 0 aliphatic heterocycles. The van der Waals surface area contributed by atoms with E-state index >= 15 is 0 Å². The Labute approximate surface area is 124 Å². The highest BCUT2D eigenvalue weighted by atomic mass is 79.9. The lowest BCUT2D eigenvalue weighted by molar-refractivity contribution is 0.294. The van der Waals surface area contributed by atoms with Crippen LogP contribution in [-0.2, 0) is 6.54 Å². The van der Waals surface area contributed by atoms with Gasteiger partial charge >= 0.3 is 0 Å². The van der Waals surface area contributed by atoms with Crippen LogP contribution in [0.1, 0.15) is 5.82 Å². The number of rotatable bonds is 4. The lowest BCUT2D eigenvalue weighted by atomic mass is 10.3. The van der Waals surface area contributed by atoms with Crippen molar-refractivity contribution in [2.24, 2.45) is 0 Å². The van der Waals surface area contributed by atoms with E-state index in [-0.39, 0.29) is 10.7 Å². The molecule has 0 amide bonds. The first kappa shape index (κ1) is 14.1. The van der Waals surface area contributed by atoms with Crippen LogP contribution >= 0.6 is 27.5 Å². The Bertz CT molecular complexity index is 626. The molecule has 0 fully saturated rings. The maximum atomic E-state index is 11.7. The van der Waals surface area contributed by atoms with Crippen molar-refractivity contribution in [3.05, 3.63) is 56.1 Å². The Morgan fingerprint density at radius 1 is 1.37 bits per heavy atom. The second kappa shape index (κ2) is 6.21. The van der Waals surface area contributed by atoms with E-state index < -0.39 is 0 Å². The van der Waals surface area contributed by atoms with E-state index in [2.05, 4.69) is 20.9 Å². The molecule has 0 saturated heterocycles. The Kier molecular flexibility index (Phi) is 4.61. The maximum absolute atomic E-state index is 11.7. The molecular weight excluding hydrogens is 332 g/mol. The number of nitrogens with zero attached hydrogens (tertiary/aromatic N) is 2. The van der Waals surface area contributed by atoms with Gasteiger partial charge in [0.1, 0.15) is 23.3 Å². The molecule has 4 nitrogen and oxygen atoms in total. The zero-order valence-electron chi connectivity index (χ0n) is 10.3. The minimum absolute atomic E-state index is 0.170. The monoisotopic (exact) mass is 342 g/mol. The molecule has 0 aliphatic rings. The van der Waals surface area contributed by atoms with Crippen molar-refractivity contribution in [1.29, 1.82) is 0 Å². The summed E-state index contributed by atoms with van der Waals surface area (Å²) in [7, 11) is 0. The molecule has 0 aliphatic carbocycles. The van der Waals surface area contributed by atoms with E-state index in [0.29, 0.717) is 19.0 Å². The summed E-state index contributed by atoms with van der Waals surface area (Å²) in [6.07, 6.45) is 0. The van der Waals surface area contributed by atoms with Gasteiger partial charge in [0.05, 0.1) is 6.54 Å². The van der Waals surface area contributed by atoms with E-state index in [1.54, 1.807) is 6.92 Å². The lowest BCUT2D eigenvalue weighted by Gasteiger charge is -2.10. The van der Waals surface area contributed by atoms with Crippen LogP contribution in [0.15, 0.2) is 39.6 Å². The van der Waals surface area contributed by atoms with Crippen molar-refractivity contribution in [2.45, 2.75) is 13.5 Å². The first-order valence-electron chi connectivity index (χ1n) is 5.68. The molecule has 0 N–H and O–H groups in total. The van der Waals surface area contributed by atoms with Crippen LogP contribution in [0.3, 0.4) is 0 Å². The molecule has 19 heavy (non-hydrogen) atoms. The summed E-state index contributed by atoms with van der Waals surface area (Å²) in [6, 6.07) is 8.82. The molecule has 0 unspecified atom stereocenters. The van der Waals surface area contributed by atoms with Crippen LogP contribution in [0, 0.1) is 6.92 Å². The fourth-order valence-corrected chi connectivity index (χ4v) is 2.12. The Morgan fingerprint density at radius 3 is 2.68 bits per heavy atom. The van der Waals surface area contributed by atoms with Crippen molar-refractivity contribution < 1.29 is 4.74 Å². The Hall–Kier alpha value is -1.33. The standard InChI is InChI=1S/C13H12BrClN2O2/c1-9-16-12(15)8-13(18)17(9)6-7-19-11-4-2-10(14)3-5-11/h2-5,8H,6-7H2,1H3. The molecule has 1 aromatic heterocycles. The number of hydrogen-bond donors (Lipinski definition) is 0. The lowest BCUT2D eigenvalue weighted by Crippen LogP contribution is -2.25. The Balaban J connectivity index is 2.00. The summed E-state index contributed by atoms with van der Waals surface area (Å²) in [5.74, 6) is 1.34. The zero-order valence-corrected chi connectivity index (χ0v) is 12.6. The summed E-state index contributed by atoms with van der Waals surface area (Å²) in [5.41, 5.74) is -0.170. The fourth-order valence-electron chi connectivity index (χ4n) is 1.64. The molecule has 2 rings (SSSR count). The largest absolute Gasteiger partial charge is 0.492 e. The third kappa shape index (κ3) is 3.81. The molecule has 2 aromatic rings. The van der Waals surface area contributed by atoms with Gasteiger partial charge in [0.15, 0.2) is 0 Å². The summed E-state index contributed by atoms with van der Waals surface area (Å²) in [4.78, 5) is 15.8. The van der Waals surface area contributed by atoms with Crippen LogP contribution in [0.5, 0.6) is 5.75 Å². The van der Waals surface area contributed by atoms with Gasteiger partial charge < -0.3 is 4.74 Å². The van der Waals surface area contributed by atoms with Crippen LogP contribution in [-0.4, -0.2) is 16.2 Å². The maximum Gasteiger partial charge on any atom is 0.255 e. The van der Waals surface area contributed by atoms with E-state index in [9.17, 15) is 4.79 Å². The molecule has 0 atom stereocenters. The number of hydrogen-bond acceptors (Lipinski definition) is 3. The highest BCUT2D eigenvalue weighted by Gasteiger charge is 2.04. The van der Waals surface area contributed by atoms with Crippen molar-refractivity contribution in [3.8, 4) is 5.75 Å². The van der Waals surface area contributed by atoms with E-state index in [0.717, 1.165) is 10.2 Å². The third-order valence-corrected chi connectivity index (χ3v) is 3.29. The predicted molar refractivity (Wildman–Crippen MR) is 77.9 cm³/mol. The van der Waals surface area contributed by atoms with Crippen molar-refractivity contribution >= 4 is 27.5 Å². The average molecular weight is 344 g/mol. The molecular formula is C13H12BrClN2O2. The smallest absolute Gasteiger partial charge is 0.255 e. The summed E-state index contributed by atoms with van der Waals surface area (Å²) >= 11 is 9.06. The number of aromatic nitrogens is 2. The van der Waals surface area contributed by atoms with Crippen LogP contribution in [0.4, 0.5) is 0 Å². The SMILES string of the molecule is Cc1nc(Cl)cc(=O)n1CCOc1ccc(Br)cc1. The summed E-state index contributed by atoms with van der Waals surface area (Å²) in [6.45, 7) is 2.57. The van der Waals surface area contributed by atoms with Crippen LogP contribution < -0.4 is 10.3 Å². The molecule has 0 radical (unpaired) electrons. The van der Waals surface area contributed by atoms with Gasteiger partial charge in [-0.2, -0.15) is 0 Å². The predicted octanol–water partition coefficient (Wildman–Crippen LogP) is 3.05. The molecule has 0 spiro atoms. The highest BCUT2D eigenvalue weighted by Crippen LogP contribution is 2.16. The highest BCUT2D eigenvalue weighted by molar-refractivity contribution is 9.10. The number of ether oxygens (including phenoxy) is 1. The molecule has 1 heterocycles. The molecule has 100 valence electrons. The minimum Gasteiger partial charge on any atom is -0.492 e. The van der Waals surface area contributed by atoms with Crippen LogP contribution in [0.2, 0.25) is 5.15 Å². The summed E-state index contributed by atoms with van der Waals surface area (Å²) in [5, 5.41) is 0.215. The minimum atomic E-state index is -0.170. The topological polar surface area (TPSA) is 44.1 Å². The zero-order chi connectivity index (χ0) is 13.8. The average Bonchev–Trinajstić information content (AvgIpc) is 2.34. The molecule has 0 saturated carbocycles. The van der Waals surface area contributed by atoms with E-state index in [1.807, 2.05) is 24.3 Å². The van der Waals surface area contributed by atoms with Crippen molar-refractivity contribution in [3.63, 3.8) is 0 Å². The summed E-state index contributed by atoms with van der Waals surface area (Å²) < 4.78 is 8.09. The Morgan fingerprint density at radius 2 is 2.05 bits per heavy atom.